The molecule has 0 bridgehead atoms. The van der Waals surface area contributed by atoms with Gasteiger partial charge in [0.1, 0.15) is 11.5 Å². The predicted molar refractivity (Wildman–Crippen MR) is 81.2 cm³/mol. The smallest absolute Gasteiger partial charge is 0.271 e. The molecule has 21 heavy (non-hydrogen) atoms. The number of hydrogen-bond donors (Lipinski definition) is 1. The summed E-state index contributed by atoms with van der Waals surface area (Å²) in [7, 11) is 5.18. The number of nitrogens with zero attached hydrogens (tertiary/aromatic N) is 2. The van der Waals surface area contributed by atoms with Crippen molar-refractivity contribution in [1.29, 1.82) is 0 Å². The van der Waals surface area contributed by atoms with Crippen molar-refractivity contribution < 1.29 is 14.3 Å². The summed E-state index contributed by atoms with van der Waals surface area (Å²) in [6.07, 6.45) is 1.77. The zero-order valence-corrected chi connectivity index (χ0v) is 12.7. The first-order valence-electron chi connectivity index (χ1n) is 6.89. The summed E-state index contributed by atoms with van der Waals surface area (Å²) in [5.41, 5.74) is 4.09. The van der Waals surface area contributed by atoms with Gasteiger partial charge in [-0.05, 0) is 19.2 Å². The van der Waals surface area contributed by atoms with E-state index in [1.54, 1.807) is 32.4 Å². The van der Waals surface area contributed by atoms with Crippen LogP contribution in [0.4, 0.5) is 0 Å². The van der Waals surface area contributed by atoms with Crippen molar-refractivity contribution in [3.8, 4) is 11.5 Å². The van der Waals surface area contributed by atoms with Gasteiger partial charge in [-0.3, -0.25) is 4.79 Å². The normalized spacial score (nSPS) is 15.5. The van der Waals surface area contributed by atoms with E-state index in [9.17, 15) is 4.79 Å². The zero-order chi connectivity index (χ0) is 15.2. The lowest BCUT2D eigenvalue weighted by molar-refractivity contribution is 0.0953. The van der Waals surface area contributed by atoms with Gasteiger partial charge >= 0.3 is 0 Å². The highest BCUT2D eigenvalue weighted by Crippen LogP contribution is 2.22. The van der Waals surface area contributed by atoms with Gasteiger partial charge in [0.15, 0.2) is 0 Å². The quantitative estimate of drug-likeness (QED) is 0.854. The molecule has 0 aromatic heterocycles. The Hall–Kier alpha value is -2.08. The topological polar surface area (TPSA) is 63.2 Å². The van der Waals surface area contributed by atoms with Crippen LogP contribution < -0.4 is 14.9 Å². The Labute approximate surface area is 124 Å². The number of ether oxygens (including phenoxy) is 2. The molecule has 1 amide bonds. The molecule has 1 saturated heterocycles. The SMILES string of the molecule is COc1cc(OC)cc(C(=O)NN=C2CCN(C)CC2)c1. The molecule has 0 radical (unpaired) electrons. The van der Waals surface area contributed by atoms with Crippen molar-refractivity contribution in [3.05, 3.63) is 23.8 Å². The monoisotopic (exact) mass is 291 g/mol. The molecular weight excluding hydrogens is 270 g/mol. The van der Waals surface area contributed by atoms with Crippen LogP contribution in [0.2, 0.25) is 0 Å². The third kappa shape index (κ3) is 4.19. The summed E-state index contributed by atoms with van der Waals surface area (Å²) in [5, 5.41) is 4.21. The van der Waals surface area contributed by atoms with E-state index in [-0.39, 0.29) is 5.91 Å². The van der Waals surface area contributed by atoms with Crippen molar-refractivity contribution >= 4 is 11.6 Å². The Kier molecular flexibility index (Phi) is 5.16. The van der Waals surface area contributed by atoms with E-state index in [1.165, 1.54) is 0 Å². The molecule has 1 N–H and O–H groups in total. The molecular formula is C15H21N3O3. The van der Waals surface area contributed by atoms with Crippen LogP contribution >= 0.6 is 0 Å². The van der Waals surface area contributed by atoms with Crippen LogP contribution in [0.15, 0.2) is 23.3 Å². The van der Waals surface area contributed by atoms with Crippen LogP contribution in [0.5, 0.6) is 11.5 Å². The highest BCUT2D eigenvalue weighted by molar-refractivity contribution is 5.96. The van der Waals surface area contributed by atoms with E-state index in [0.717, 1.165) is 31.6 Å². The lowest BCUT2D eigenvalue weighted by Gasteiger charge is -2.22. The van der Waals surface area contributed by atoms with Gasteiger partial charge in [-0.25, -0.2) is 5.43 Å². The number of piperidine rings is 1. The highest BCUT2D eigenvalue weighted by atomic mass is 16.5. The van der Waals surface area contributed by atoms with Gasteiger partial charge in [0.05, 0.1) is 14.2 Å². The number of carbonyl (C=O) groups is 1. The fourth-order valence-corrected chi connectivity index (χ4v) is 2.12. The predicted octanol–water partition coefficient (Wildman–Crippen LogP) is 1.52. The van der Waals surface area contributed by atoms with Gasteiger partial charge in [0, 0.05) is 43.3 Å². The summed E-state index contributed by atoms with van der Waals surface area (Å²) >= 11 is 0. The number of carbonyl (C=O) groups excluding carboxylic acids is 1. The van der Waals surface area contributed by atoms with Crippen LogP contribution in [0.1, 0.15) is 23.2 Å². The van der Waals surface area contributed by atoms with Gasteiger partial charge in [-0.2, -0.15) is 5.10 Å². The van der Waals surface area contributed by atoms with E-state index in [2.05, 4.69) is 22.5 Å². The van der Waals surface area contributed by atoms with Crippen molar-refractivity contribution in [1.82, 2.24) is 10.3 Å². The van der Waals surface area contributed by atoms with Gasteiger partial charge < -0.3 is 14.4 Å². The summed E-state index contributed by atoms with van der Waals surface area (Å²) in [6, 6.07) is 5.04. The Morgan fingerprint density at radius 2 is 1.71 bits per heavy atom. The Bertz CT molecular complexity index is 511. The minimum atomic E-state index is -0.265. The van der Waals surface area contributed by atoms with Crippen molar-refractivity contribution in [2.24, 2.45) is 5.10 Å². The molecule has 6 nitrogen and oxygen atoms in total. The number of methoxy groups -OCH3 is 2. The maximum atomic E-state index is 12.1. The van der Waals surface area contributed by atoms with Crippen LogP contribution in [0, 0.1) is 0 Å². The number of benzene rings is 1. The van der Waals surface area contributed by atoms with Gasteiger partial charge in [0.2, 0.25) is 0 Å². The molecule has 6 heteroatoms. The molecule has 0 unspecified atom stereocenters. The molecule has 0 spiro atoms. The van der Waals surface area contributed by atoms with Gasteiger partial charge in [-0.1, -0.05) is 0 Å². The summed E-state index contributed by atoms with van der Waals surface area (Å²) in [4.78, 5) is 14.4. The molecule has 0 aliphatic carbocycles. The third-order valence-corrected chi connectivity index (χ3v) is 3.49. The van der Waals surface area contributed by atoms with Crippen LogP contribution in [-0.4, -0.2) is 50.9 Å². The van der Waals surface area contributed by atoms with E-state index < -0.39 is 0 Å². The molecule has 1 heterocycles. The van der Waals surface area contributed by atoms with E-state index in [0.29, 0.717) is 17.1 Å². The van der Waals surface area contributed by atoms with Crippen LogP contribution in [0.3, 0.4) is 0 Å². The lowest BCUT2D eigenvalue weighted by Crippen LogP contribution is -2.32. The minimum absolute atomic E-state index is 0.265. The lowest BCUT2D eigenvalue weighted by atomic mass is 10.1. The average Bonchev–Trinajstić information content (AvgIpc) is 2.53. The molecule has 1 fully saturated rings. The maximum Gasteiger partial charge on any atom is 0.271 e. The zero-order valence-electron chi connectivity index (χ0n) is 12.7. The average molecular weight is 291 g/mol. The van der Waals surface area contributed by atoms with E-state index in [1.807, 2.05) is 0 Å². The standard InChI is InChI=1S/C15H21N3O3/c1-18-6-4-12(5-7-18)16-17-15(19)11-8-13(20-2)10-14(9-11)21-3/h8-10H,4-7H2,1-3H3,(H,17,19). The number of hydrazone groups is 1. The molecule has 114 valence electrons. The molecule has 1 aliphatic heterocycles. The second kappa shape index (κ2) is 7.08. The maximum absolute atomic E-state index is 12.1. The Morgan fingerprint density at radius 3 is 2.24 bits per heavy atom. The number of amides is 1. The molecule has 1 aromatic rings. The summed E-state index contributed by atoms with van der Waals surface area (Å²) < 4.78 is 10.3. The van der Waals surface area contributed by atoms with E-state index >= 15 is 0 Å². The third-order valence-electron chi connectivity index (χ3n) is 3.49. The fourth-order valence-electron chi connectivity index (χ4n) is 2.12. The van der Waals surface area contributed by atoms with Crippen molar-refractivity contribution in [3.63, 3.8) is 0 Å². The van der Waals surface area contributed by atoms with Gasteiger partial charge in [-0.15, -0.1) is 0 Å². The first-order valence-corrected chi connectivity index (χ1v) is 6.89. The van der Waals surface area contributed by atoms with Gasteiger partial charge in [0.25, 0.3) is 5.91 Å². The number of nitrogens with one attached hydrogen (secondary N) is 1. The second-order valence-electron chi connectivity index (χ2n) is 5.02. The van der Waals surface area contributed by atoms with Crippen molar-refractivity contribution in [2.75, 3.05) is 34.4 Å². The highest BCUT2D eigenvalue weighted by Gasteiger charge is 2.13. The summed E-state index contributed by atoms with van der Waals surface area (Å²) in [6.45, 7) is 1.95. The number of hydrogen-bond acceptors (Lipinski definition) is 5. The molecule has 2 rings (SSSR count). The van der Waals surface area contributed by atoms with E-state index in [4.69, 9.17) is 9.47 Å². The molecule has 1 aliphatic rings. The first kappa shape index (κ1) is 15.3. The van der Waals surface area contributed by atoms with Crippen LogP contribution in [-0.2, 0) is 0 Å². The molecule has 0 saturated carbocycles. The van der Waals surface area contributed by atoms with Crippen molar-refractivity contribution in [2.45, 2.75) is 12.8 Å². The first-order chi connectivity index (χ1) is 10.1. The molecule has 1 aromatic carbocycles. The number of rotatable bonds is 4. The summed E-state index contributed by atoms with van der Waals surface area (Å²) in [5.74, 6) is 0.886. The Morgan fingerprint density at radius 1 is 1.14 bits per heavy atom. The minimum Gasteiger partial charge on any atom is -0.497 e. The largest absolute Gasteiger partial charge is 0.497 e. The number of likely N-dealkylation sites (tertiary alicyclic amines) is 1. The second-order valence-corrected chi connectivity index (χ2v) is 5.02. The Balaban J connectivity index is 2.04. The fraction of sp³-hybridized carbons (Fsp3) is 0.467. The van der Waals surface area contributed by atoms with Crippen LogP contribution in [0.25, 0.3) is 0 Å². The molecule has 0 atom stereocenters.